The predicted octanol–water partition coefficient (Wildman–Crippen LogP) is 2.53. The van der Waals surface area contributed by atoms with Gasteiger partial charge in [-0.3, -0.25) is 0 Å². The lowest BCUT2D eigenvalue weighted by molar-refractivity contribution is -0.155. The highest BCUT2D eigenvalue weighted by atomic mass is 19.4. The molecule has 1 aromatic rings. The minimum absolute atomic E-state index is 0.0994. The number of hydrogen-bond donors (Lipinski definition) is 1. The van der Waals surface area contributed by atoms with E-state index < -0.39 is 18.6 Å². The van der Waals surface area contributed by atoms with Gasteiger partial charge in [-0.2, -0.15) is 18.4 Å². The van der Waals surface area contributed by atoms with E-state index >= 15 is 0 Å². The van der Waals surface area contributed by atoms with E-state index in [1.165, 1.54) is 12.1 Å². The van der Waals surface area contributed by atoms with E-state index in [0.29, 0.717) is 17.2 Å². The van der Waals surface area contributed by atoms with Gasteiger partial charge in [0.1, 0.15) is 0 Å². The van der Waals surface area contributed by atoms with Crippen LogP contribution in [0.15, 0.2) is 18.2 Å². The first kappa shape index (κ1) is 12.4. The van der Waals surface area contributed by atoms with Crippen LogP contribution in [0.4, 0.5) is 18.9 Å². The van der Waals surface area contributed by atoms with Crippen LogP contribution in [0.3, 0.4) is 0 Å². The van der Waals surface area contributed by atoms with E-state index in [2.05, 4.69) is 5.32 Å². The third-order valence-electron chi connectivity index (χ3n) is 2.43. The summed E-state index contributed by atoms with van der Waals surface area (Å²) in [6, 6.07) is 5.92. The van der Waals surface area contributed by atoms with E-state index in [-0.39, 0.29) is 6.79 Å². The molecular weight excluding hydrogens is 249 g/mol. The van der Waals surface area contributed by atoms with Gasteiger partial charge >= 0.3 is 6.18 Å². The zero-order valence-corrected chi connectivity index (χ0v) is 9.12. The molecule has 0 saturated carbocycles. The van der Waals surface area contributed by atoms with Gasteiger partial charge in [-0.1, -0.05) is 0 Å². The van der Waals surface area contributed by atoms with Crippen LogP contribution in [0.2, 0.25) is 0 Å². The fraction of sp³-hybridized carbons (Fsp3) is 0.364. The highest BCUT2D eigenvalue weighted by molar-refractivity contribution is 5.55. The first-order valence-corrected chi connectivity index (χ1v) is 5.10. The Hall–Kier alpha value is -2.10. The number of nitriles is 1. The number of fused-ring (bicyclic) bond motifs is 1. The highest BCUT2D eigenvalue weighted by Gasteiger charge is 2.39. The van der Waals surface area contributed by atoms with E-state index in [4.69, 9.17) is 14.7 Å². The van der Waals surface area contributed by atoms with E-state index in [9.17, 15) is 13.2 Å². The molecular formula is C11H9F3N2O2. The third-order valence-corrected chi connectivity index (χ3v) is 2.43. The van der Waals surface area contributed by atoms with Crippen molar-refractivity contribution in [1.29, 1.82) is 5.26 Å². The fourth-order valence-corrected chi connectivity index (χ4v) is 1.46. The molecule has 1 heterocycles. The average Bonchev–Trinajstić information content (AvgIpc) is 2.75. The molecule has 0 radical (unpaired) electrons. The zero-order chi connectivity index (χ0) is 13.2. The zero-order valence-electron chi connectivity index (χ0n) is 9.12. The lowest BCUT2D eigenvalue weighted by Crippen LogP contribution is -2.28. The van der Waals surface area contributed by atoms with Crippen LogP contribution in [0.1, 0.15) is 0 Å². The monoisotopic (exact) mass is 258 g/mol. The molecule has 0 spiro atoms. The van der Waals surface area contributed by atoms with Gasteiger partial charge in [0.2, 0.25) is 6.79 Å². The Morgan fingerprint density at radius 1 is 1.33 bits per heavy atom. The number of rotatable bonds is 3. The Bertz CT molecular complexity index is 482. The number of halogens is 3. The van der Waals surface area contributed by atoms with Gasteiger partial charge in [-0.05, 0) is 12.1 Å². The second kappa shape index (κ2) is 4.64. The molecule has 4 nitrogen and oxygen atoms in total. The largest absolute Gasteiger partial charge is 0.454 e. The fourth-order valence-electron chi connectivity index (χ4n) is 1.46. The normalized spacial score (nSPS) is 15.0. The molecule has 0 amide bonds. The maximum absolute atomic E-state index is 12.3. The van der Waals surface area contributed by atoms with Crippen molar-refractivity contribution in [3.8, 4) is 17.6 Å². The Kier molecular flexibility index (Phi) is 3.19. The Balaban J connectivity index is 2.00. The van der Waals surface area contributed by atoms with Crippen molar-refractivity contribution < 1.29 is 22.6 Å². The van der Waals surface area contributed by atoms with Gasteiger partial charge in [0.25, 0.3) is 0 Å². The summed E-state index contributed by atoms with van der Waals surface area (Å²) in [7, 11) is 0. The number of nitrogens with zero attached hydrogens (tertiary/aromatic N) is 1. The molecule has 0 bridgehead atoms. The second-order valence-electron chi connectivity index (χ2n) is 3.67. The van der Waals surface area contributed by atoms with Crippen LogP contribution in [0.25, 0.3) is 0 Å². The smallest absolute Gasteiger partial charge is 0.406 e. The Morgan fingerprint density at radius 3 is 2.72 bits per heavy atom. The van der Waals surface area contributed by atoms with Gasteiger partial charge < -0.3 is 14.8 Å². The average molecular weight is 258 g/mol. The molecule has 18 heavy (non-hydrogen) atoms. The van der Waals surface area contributed by atoms with E-state index in [1.54, 1.807) is 12.1 Å². The molecule has 0 aromatic heterocycles. The summed E-state index contributed by atoms with van der Waals surface area (Å²) in [6.07, 6.45) is -4.53. The van der Waals surface area contributed by atoms with Crippen LogP contribution in [0.5, 0.6) is 11.5 Å². The quantitative estimate of drug-likeness (QED) is 0.905. The van der Waals surface area contributed by atoms with E-state index in [1.807, 2.05) is 0 Å². The van der Waals surface area contributed by atoms with Crippen LogP contribution in [0, 0.1) is 17.2 Å². The maximum atomic E-state index is 12.3. The van der Waals surface area contributed by atoms with Crippen molar-refractivity contribution in [2.24, 2.45) is 5.92 Å². The molecule has 2 rings (SSSR count). The molecule has 0 saturated heterocycles. The predicted molar refractivity (Wildman–Crippen MR) is 56.2 cm³/mol. The van der Waals surface area contributed by atoms with Crippen LogP contribution < -0.4 is 14.8 Å². The summed E-state index contributed by atoms with van der Waals surface area (Å²) in [5, 5.41) is 11.0. The molecule has 0 fully saturated rings. The summed E-state index contributed by atoms with van der Waals surface area (Å²) in [5.74, 6) is -1.02. The second-order valence-corrected chi connectivity index (χ2v) is 3.67. The van der Waals surface area contributed by atoms with Gasteiger partial charge in [0.15, 0.2) is 17.4 Å². The molecule has 7 heteroatoms. The van der Waals surface area contributed by atoms with Crippen LogP contribution >= 0.6 is 0 Å². The van der Waals surface area contributed by atoms with Crippen molar-refractivity contribution in [3.05, 3.63) is 18.2 Å². The molecule has 1 atom stereocenters. The van der Waals surface area contributed by atoms with Crippen LogP contribution in [-0.2, 0) is 0 Å². The number of benzene rings is 1. The lowest BCUT2D eigenvalue weighted by atomic mass is 10.1. The highest BCUT2D eigenvalue weighted by Crippen LogP contribution is 2.34. The number of hydrogen-bond acceptors (Lipinski definition) is 4. The SMILES string of the molecule is N#CC(CNc1ccc2c(c1)OCO2)C(F)(F)F. The standard InChI is InChI=1S/C11H9F3N2O2/c12-11(13,14)7(4-15)5-16-8-1-2-9-10(3-8)18-6-17-9/h1-3,7,16H,5-6H2. The van der Waals surface area contributed by atoms with Gasteiger partial charge in [0, 0.05) is 18.3 Å². The molecule has 1 N–H and O–H groups in total. The summed E-state index contributed by atoms with van der Waals surface area (Å²) in [5.41, 5.74) is 0.448. The summed E-state index contributed by atoms with van der Waals surface area (Å²) < 4.78 is 47.2. The summed E-state index contributed by atoms with van der Waals surface area (Å²) in [4.78, 5) is 0. The van der Waals surface area contributed by atoms with Crippen molar-refractivity contribution >= 4 is 5.69 Å². The maximum Gasteiger partial charge on any atom is 0.406 e. The lowest BCUT2D eigenvalue weighted by Gasteiger charge is -2.14. The molecule has 1 aliphatic rings. The molecule has 0 aliphatic carbocycles. The van der Waals surface area contributed by atoms with Crippen LogP contribution in [-0.4, -0.2) is 19.5 Å². The topological polar surface area (TPSA) is 54.3 Å². The number of nitrogens with one attached hydrogen (secondary N) is 1. The first-order valence-electron chi connectivity index (χ1n) is 5.10. The number of anilines is 1. The summed E-state index contributed by atoms with van der Waals surface area (Å²) >= 11 is 0. The Morgan fingerprint density at radius 2 is 2.06 bits per heavy atom. The van der Waals surface area contributed by atoms with Crippen molar-refractivity contribution in [1.82, 2.24) is 0 Å². The molecule has 96 valence electrons. The van der Waals surface area contributed by atoms with Crippen molar-refractivity contribution in [2.75, 3.05) is 18.7 Å². The van der Waals surface area contributed by atoms with Crippen molar-refractivity contribution in [3.63, 3.8) is 0 Å². The minimum atomic E-state index is -4.53. The third kappa shape index (κ3) is 2.59. The van der Waals surface area contributed by atoms with E-state index in [0.717, 1.165) is 0 Å². The molecule has 1 unspecified atom stereocenters. The number of alkyl halides is 3. The Labute approximate surface area is 101 Å². The van der Waals surface area contributed by atoms with Gasteiger partial charge in [0.05, 0.1) is 6.07 Å². The van der Waals surface area contributed by atoms with Crippen molar-refractivity contribution in [2.45, 2.75) is 6.18 Å². The summed E-state index contributed by atoms with van der Waals surface area (Å²) in [6.45, 7) is -0.401. The van der Waals surface area contributed by atoms with Gasteiger partial charge in [-0.15, -0.1) is 0 Å². The molecule has 1 aliphatic heterocycles. The number of ether oxygens (including phenoxy) is 2. The molecule has 1 aromatic carbocycles. The first-order chi connectivity index (χ1) is 8.50. The minimum Gasteiger partial charge on any atom is -0.454 e. The van der Waals surface area contributed by atoms with Gasteiger partial charge in [-0.25, -0.2) is 0 Å².